The van der Waals surface area contributed by atoms with Crippen LogP contribution >= 0.6 is 0 Å². The number of aromatic hydroxyl groups is 1. The van der Waals surface area contributed by atoms with Crippen LogP contribution in [-0.4, -0.2) is 27.6 Å². The summed E-state index contributed by atoms with van der Waals surface area (Å²) >= 11 is 0. The van der Waals surface area contributed by atoms with Gasteiger partial charge in [-0.2, -0.15) is 0 Å². The van der Waals surface area contributed by atoms with E-state index >= 15 is 0 Å². The quantitative estimate of drug-likeness (QED) is 0.719. The molecule has 0 bridgehead atoms. The van der Waals surface area contributed by atoms with Crippen LogP contribution in [0.5, 0.6) is 5.75 Å². The second-order valence-corrected chi connectivity index (χ2v) is 4.73. The number of hydrogen-bond acceptors (Lipinski definition) is 5. The highest BCUT2D eigenvalue weighted by Crippen LogP contribution is 2.33. The largest absolute Gasteiger partial charge is 0.508 e. The van der Waals surface area contributed by atoms with E-state index in [-0.39, 0.29) is 17.3 Å². The van der Waals surface area contributed by atoms with E-state index < -0.39 is 5.97 Å². The summed E-state index contributed by atoms with van der Waals surface area (Å²) < 4.78 is 5.08. The Bertz CT molecular complexity index is 852. The molecule has 6 nitrogen and oxygen atoms in total. The first-order valence-electron chi connectivity index (χ1n) is 6.76. The highest BCUT2D eigenvalue weighted by atomic mass is 16.5. The zero-order valence-electron chi connectivity index (χ0n) is 11.9. The van der Waals surface area contributed by atoms with Crippen LogP contribution < -0.4 is 0 Å². The van der Waals surface area contributed by atoms with E-state index in [4.69, 9.17) is 4.52 Å². The molecule has 2 aromatic carbocycles. The Morgan fingerprint density at radius 3 is 2.43 bits per heavy atom. The van der Waals surface area contributed by atoms with Crippen molar-refractivity contribution in [2.24, 2.45) is 4.99 Å². The van der Waals surface area contributed by atoms with E-state index in [1.807, 2.05) is 6.07 Å². The number of benzene rings is 2. The molecule has 0 amide bonds. The summed E-state index contributed by atoms with van der Waals surface area (Å²) in [5.74, 6) is -0.916. The molecular weight excluding hydrogens is 296 g/mol. The summed E-state index contributed by atoms with van der Waals surface area (Å²) in [6, 6.07) is 15.4. The summed E-state index contributed by atoms with van der Waals surface area (Å²) in [6.07, 6.45) is 1.51. The van der Waals surface area contributed by atoms with Crippen LogP contribution in [0.1, 0.15) is 16.1 Å². The number of carboxylic acid groups (broad SMARTS) is 1. The number of carboxylic acids is 1. The van der Waals surface area contributed by atoms with Gasteiger partial charge in [0.1, 0.15) is 5.75 Å². The molecule has 0 aliphatic carbocycles. The van der Waals surface area contributed by atoms with Gasteiger partial charge in [0.25, 0.3) is 5.88 Å². The number of aromatic carboxylic acids is 1. The lowest BCUT2D eigenvalue weighted by Crippen LogP contribution is -1.98. The van der Waals surface area contributed by atoms with Gasteiger partial charge in [0.2, 0.25) is 5.69 Å². The lowest BCUT2D eigenvalue weighted by Gasteiger charge is -1.99. The average Bonchev–Trinajstić information content (AvgIpc) is 2.99. The minimum absolute atomic E-state index is 0.113. The number of aromatic nitrogens is 1. The van der Waals surface area contributed by atoms with Gasteiger partial charge in [-0.3, -0.25) is 0 Å². The van der Waals surface area contributed by atoms with E-state index in [2.05, 4.69) is 10.1 Å². The van der Waals surface area contributed by atoms with Gasteiger partial charge >= 0.3 is 5.97 Å². The molecule has 0 radical (unpaired) electrons. The van der Waals surface area contributed by atoms with Crippen molar-refractivity contribution in [1.82, 2.24) is 5.16 Å². The maximum atomic E-state index is 11.3. The first kappa shape index (κ1) is 14.5. The van der Waals surface area contributed by atoms with Crippen molar-refractivity contribution in [2.75, 3.05) is 0 Å². The molecule has 0 fully saturated rings. The molecular formula is C17H12N2O4. The zero-order chi connectivity index (χ0) is 16.2. The second-order valence-electron chi connectivity index (χ2n) is 4.73. The molecule has 1 aromatic heterocycles. The van der Waals surface area contributed by atoms with E-state index in [1.165, 1.54) is 18.3 Å². The van der Waals surface area contributed by atoms with Crippen LogP contribution in [0.3, 0.4) is 0 Å². The summed E-state index contributed by atoms with van der Waals surface area (Å²) in [5.41, 5.74) is 1.53. The molecule has 0 saturated heterocycles. The van der Waals surface area contributed by atoms with Crippen LogP contribution in [0.15, 0.2) is 64.1 Å². The van der Waals surface area contributed by atoms with Gasteiger partial charge < -0.3 is 14.7 Å². The first-order chi connectivity index (χ1) is 11.1. The molecule has 23 heavy (non-hydrogen) atoms. The van der Waals surface area contributed by atoms with Crippen molar-refractivity contribution in [3.8, 4) is 16.9 Å². The molecule has 0 aliphatic rings. The van der Waals surface area contributed by atoms with Crippen molar-refractivity contribution in [3.63, 3.8) is 0 Å². The number of rotatable bonds is 4. The maximum Gasteiger partial charge on any atom is 0.358 e. The summed E-state index contributed by atoms with van der Waals surface area (Å²) in [5, 5.41) is 22.1. The van der Waals surface area contributed by atoms with E-state index in [0.29, 0.717) is 11.1 Å². The smallest absolute Gasteiger partial charge is 0.358 e. The Kier molecular flexibility index (Phi) is 3.88. The normalized spacial score (nSPS) is 11.0. The molecule has 0 unspecified atom stereocenters. The van der Waals surface area contributed by atoms with Crippen molar-refractivity contribution >= 4 is 18.1 Å². The summed E-state index contributed by atoms with van der Waals surface area (Å²) in [4.78, 5) is 15.5. The minimum Gasteiger partial charge on any atom is -0.508 e. The third-order valence-corrected chi connectivity index (χ3v) is 3.16. The first-order valence-corrected chi connectivity index (χ1v) is 6.76. The molecule has 1 heterocycles. The molecule has 0 spiro atoms. The fourth-order valence-corrected chi connectivity index (χ4v) is 2.07. The predicted molar refractivity (Wildman–Crippen MR) is 84.3 cm³/mol. The molecule has 0 aliphatic heterocycles. The molecule has 6 heteroatoms. The van der Waals surface area contributed by atoms with Crippen molar-refractivity contribution in [3.05, 3.63) is 65.9 Å². The van der Waals surface area contributed by atoms with Crippen LogP contribution in [-0.2, 0) is 0 Å². The Morgan fingerprint density at radius 1 is 1.09 bits per heavy atom. The molecule has 0 atom stereocenters. The lowest BCUT2D eigenvalue weighted by molar-refractivity contribution is 0.0686. The van der Waals surface area contributed by atoms with Gasteiger partial charge in [-0.25, -0.2) is 9.79 Å². The second kappa shape index (κ2) is 6.15. The van der Waals surface area contributed by atoms with Crippen molar-refractivity contribution in [2.45, 2.75) is 0 Å². The Morgan fingerprint density at radius 2 is 1.78 bits per heavy atom. The Labute approximate surface area is 131 Å². The van der Waals surface area contributed by atoms with Crippen LogP contribution in [0, 0.1) is 0 Å². The van der Waals surface area contributed by atoms with Crippen molar-refractivity contribution in [1.29, 1.82) is 0 Å². The van der Waals surface area contributed by atoms with Gasteiger partial charge in [0.15, 0.2) is 0 Å². The van der Waals surface area contributed by atoms with Gasteiger partial charge in [-0.1, -0.05) is 35.5 Å². The van der Waals surface area contributed by atoms with Crippen LogP contribution in [0.4, 0.5) is 5.88 Å². The summed E-state index contributed by atoms with van der Waals surface area (Å²) in [6.45, 7) is 0. The van der Waals surface area contributed by atoms with E-state index in [0.717, 1.165) is 5.56 Å². The number of nitrogens with zero attached hydrogens (tertiary/aromatic N) is 2. The van der Waals surface area contributed by atoms with Gasteiger partial charge in [-0.15, -0.1) is 0 Å². The molecule has 3 aromatic rings. The van der Waals surface area contributed by atoms with Gasteiger partial charge in [-0.05, 0) is 35.4 Å². The van der Waals surface area contributed by atoms with Crippen molar-refractivity contribution < 1.29 is 19.5 Å². The lowest BCUT2D eigenvalue weighted by atomic mass is 10.1. The average molecular weight is 308 g/mol. The third-order valence-electron chi connectivity index (χ3n) is 3.16. The summed E-state index contributed by atoms with van der Waals surface area (Å²) in [7, 11) is 0. The molecule has 3 rings (SSSR count). The zero-order valence-corrected chi connectivity index (χ0v) is 11.9. The number of phenolic OH excluding ortho intramolecular Hbond substituents is 1. The third kappa shape index (κ3) is 3.11. The molecule has 114 valence electrons. The van der Waals surface area contributed by atoms with E-state index in [1.54, 1.807) is 36.4 Å². The maximum absolute atomic E-state index is 11.3. The Hall–Kier alpha value is -3.41. The Balaban J connectivity index is 2.03. The standard InChI is InChI=1S/C17H12N2O4/c20-13-8-6-11(7-9-13)10-18-16-14(12-4-2-1-3-5-12)15(17(21)22)19-23-16/h1-10,20H,(H,21,22)/b18-10+. The predicted octanol–water partition coefficient (Wildman–Crippen LogP) is 3.50. The SMILES string of the molecule is O=C(O)c1noc(/N=C/c2ccc(O)cc2)c1-c1ccccc1. The topological polar surface area (TPSA) is 95.9 Å². The fourth-order valence-electron chi connectivity index (χ4n) is 2.07. The number of aliphatic imine (C=N–C) groups is 1. The van der Waals surface area contributed by atoms with Crippen LogP contribution in [0.25, 0.3) is 11.1 Å². The monoisotopic (exact) mass is 308 g/mol. The molecule has 0 saturated carbocycles. The van der Waals surface area contributed by atoms with Gasteiger partial charge in [0, 0.05) is 6.21 Å². The van der Waals surface area contributed by atoms with Crippen LogP contribution in [0.2, 0.25) is 0 Å². The minimum atomic E-state index is -1.18. The highest BCUT2D eigenvalue weighted by Gasteiger charge is 2.22. The van der Waals surface area contributed by atoms with Gasteiger partial charge in [0.05, 0.1) is 5.56 Å². The number of hydrogen-bond donors (Lipinski definition) is 2. The highest BCUT2D eigenvalue weighted by molar-refractivity contribution is 5.97. The molecule has 2 N–H and O–H groups in total. The van der Waals surface area contributed by atoms with E-state index in [9.17, 15) is 15.0 Å². The number of carbonyl (C=O) groups is 1. The number of phenols is 1. The fraction of sp³-hybridized carbons (Fsp3) is 0.